The van der Waals surface area contributed by atoms with Gasteiger partial charge in [0.05, 0.1) is 12.1 Å². The maximum Gasteiger partial charge on any atom is 0.240 e. The number of amides is 2. The number of primary amides is 1. The highest BCUT2D eigenvalue weighted by atomic mass is 16.2. The summed E-state index contributed by atoms with van der Waals surface area (Å²) in [5, 5.41) is 4.13. The third kappa shape index (κ3) is 5.61. The Balaban J connectivity index is 1.44. The summed E-state index contributed by atoms with van der Waals surface area (Å²) in [6.45, 7) is 7.66. The molecule has 1 aromatic carbocycles. The summed E-state index contributed by atoms with van der Waals surface area (Å²) in [4.78, 5) is 38.7. The highest BCUT2D eigenvalue weighted by Crippen LogP contribution is 2.26. The Morgan fingerprint density at radius 3 is 2.42 bits per heavy atom. The average Bonchev–Trinajstić information content (AvgIpc) is 2.82. The summed E-state index contributed by atoms with van der Waals surface area (Å²) in [6, 6.07) is 7.29. The topological polar surface area (TPSA) is 104 Å². The zero-order chi connectivity index (χ0) is 23.4. The summed E-state index contributed by atoms with van der Waals surface area (Å²) in [5.41, 5.74) is 6.46. The molecule has 1 atom stereocenters. The number of hydrogen-bond donors (Lipinski definition) is 2. The fraction of sp³-hybridized carbons (Fsp3) is 0.600. The first-order valence-electron chi connectivity index (χ1n) is 12.2. The molecule has 2 heterocycles. The highest BCUT2D eigenvalue weighted by Gasteiger charge is 2.29. The van der Waals surface area contributed by atoms with E-state index in [0.29, 0.717) is 24.1 Å². The molecule has 2 amide bonds. The Morgan fingerprint density at radius 1 is 1.06 bits per heavy atom. The van der Waals surface area contributed by atoms with Crippen molar-refractivity contribution in [3.8, 4) is 0 Å². The molecule has 0 radical (unpaired) electrons. The lowest BCUT2D eigenvalue weighted by atomic mass is 9.88. The fourth-order valence-corrected chi connectivity index (χ4v) is 4.95. The van der Waals surface area contributed by atoms with Crippen molar-refractivity contribution in [2.45, 2.75) is 58.5 Å². The lowest BCUT2D eigenvalue weighted by Crippen LogP contribution is -2.50. The van der Waals surface area contributed by atoms with Gasteiger partial charge in [-0.3, -0.25) is 14.5 Å². The van der Waals surface area contributed by atoms with Crippen molar-refractivity contribution >= 4 is 28.5 Å². The van der Waals surface area contributed by atoms with Crippen LogP contribution in [0.2, 0.25) is 0 Å². The second kappa shape index (κ2) is 10.5. The predicted octanol–water partition coefficient (Wildman–Crippen LogP) is 2.78. The number of carbonyl (C=O) groups is 2. The zero-order valence-electron chi connectivity index (χ0n) is 19.8. The molecule has 2 fully saturated rings. The maximum absolute atomic E-state index is 12.9. The summed E-state index contributed by atoms with van der Waals surface area (Å²) < 4.78 is 0. The Bertz CT molecular complexity index is 980. The van der Waals surface area contributed by atoms with Crippen LogP contribution >= 0.6 is 0 Å². The van der Waals surface area contributed by atoms with Crippen molar-refractivity contribution in [3.05, 3.63) is 30.1 Å². The number of anilines is 1. The van der Waals surface area contributed by atoms with E-state index in [1.807, 2.05) is 43.0 Å². The minimum atomic E-state index is -0.509. The summed E-state index contributed by atoms with van der Waals surface area (Å²) >= 11 is 0. The standard InChI is InChI=1S/C25H36N6O2/c1-17(2)22(23(26)32)29-24-19-10-6-7-11-20(19)27-21(28-24)16-30-12-14-31(15-13-30)25(33)18-8-4-3-5-9-18/h6-7,10-11,17-18,22H,3-5,8-9,12-16H2,1-2H3,(H2,26,32)(H,27,28,29)/t22-/m0/s1. The number of aromatic nitrogens is 2. The van der Waals surface area contributed by atoms with Gasteiger partial charge in [0, 0.05) is 37.5 Å². The van der Waals surface area contributed by atoms with Gasteiger partial charge in [-0.15, -0.1) is 0 Å². The van der Waals surface area contributed by atoms with E-state index < -0.39 is 11.9 Å². The normalized spacial score (nSPS) is 19.1. The van der Waals surface area contributed by atoms with Crippen molar-refractivity contribution < 1.29 is 9.59 Å². The van der Waals surface area contributed by atoms with Gasteiger partial charge in [-0.25, -0.2) is 9.97 Å². The molecule has 2 aromatic rings. The third-order valence-corrected chi connectivity index (χ3v) is 6.92. The number of nitrogens with zero attached hydrogens (tertiary/aromatic N) is 4. The van der Waals surface area contributed by atoms with Gasteiger partial charge in [-0.05, 0) is 30.9 Å². The molecule has 0 spiro atoms. The maximum atomic E-state index is 12.9. The van der Waals surface area contributed by atoms with Gasteiger partial charge in [0.2, 0.25) is 11.8 Å². The van der Waals surface area contributed by atoms with Gasteiger partial charge in [0.1, 0.15) is 17.7 Å². The number of hydrogen-bond acceptors (Lipinski definition) is 6. The predicted molar refractivity (Wildman–Crippen MR) is 129 cm³/mol. The molecule has 1 saturated heterocycles. The number of para-hydroxylation sites is 1. The number of carbonyl (C=O) groups excluding carboxylic acids is 2. The molecule has 1 aliphatic heterocycles. The van der Waals surface area contributed by atoms with Gasteiger partial charge in [-0.1, -0.05) is 45.2 Å². The molecular formula is C25H36N6O2. The molecule has 4 rings (SSSR count). The van der Waals surface area contributed by atoms with E-state index >= 15 is 0 Å². The number of benzene rings is 1. The quantitative estimate of drug-likeness (QED) is 0.669. The fourth-order valence-electron chi connectivity index (χ4n) is 4.95. The van der Waals surface area contributed by atoms with Gasteiger partial charge < -0.3 is 16.0 Å². The minimum absolute atomic E-state index is 0.0365. The van der Waals surface area contributed by atoms with Crippen molar-refractivity contribution in [1.82, 2.24) is 19.8 Å². The number of fused-ring (bicyclic) bond motifs is 1. The van der Waals surface area contributed by atoms with Crippen LogP contribution in [0.5, 0.6) is 0 Å². The smallest absolute Gasteiger partial charge is 0.240 e. The van der Waals surface area contributed by atoms with E-state index in [1.165, 1.54) is 19.3 Å². The Morgan fingerprint density at radius 2 is 1.76 bits per heavy atom. The van der Waals surface area contributed by atoms with Crippen molar-refractivity contribution in [2.24, 2.45) is 17.6 Å². The molecule has 3 N–H and O–H groups in total. The first-order valence-corrected chi connectivity index (χ1v) is 12.2. The van der Waals surface area contributed by atoms with E-state index in [4.69, 9.17) is 15.7 Å². The van der Waals surface area contributed by atoms with Crippen LogP contribution in [-0.4, -0.2) is 63.8 Å². The zero-order valence-corrected chi connectivity index (χ0v) is 19.8. The second-order valence-electron chi connectivity index (χ2n) is 9.71. The Hall–Kier alpha value is -2.74. The third-order valence-electron chi connectivity index (χ3n) is 6.92. The van der Waals surface area contributed by atoms with Crippen molar-refractivity contribution in [3.63, 3.8) is 0 Å². The molecular weight excluding hydrogens is 416 g/mol. The highest BCUT2D eigenvalue weighted by molar-refractivity contribution is 5.92. The number of nitrogens with two attached hydrogens (primary N) is 1. The molecule has 8 heteroatoms. The first kappa shape index (κ1) is 23.4. The van der Waals surface area contributed by atoms with Crippen molar-refractivity contribution in [1.29, 1.82) is 0 Å². The molecule has 1 aromatic heterocycles. The SMILES string of the molecule is CC(C)[C@H](Nc1nc(CN2CCN(C(=O)C3CCCCC3)CC2)nc2ccccc12)C(N)=O. The van der Waals surface area contributed by atoms with Crippen molar-refractivity contribution in [2.75, 3.05) is 31.5 Å². The Labute approximate surface area is 195 Å². The van der Waals surface area contributed by atoms with E-state index in [1.54, 1.807) is 0 Å². The van der Waals surface area contributed by atoms with E-state index in [0.717, 1.165) is 49.9 Å². The molecule has 1 saturated carbocycles. The van der Waals surface area contributed by atoms with Crippen LogP contribution in [0.15, 0.2) is 24.3 Å². The lowest BCUT2D eigenvalue weighted by Gasteiger charge is -2.37. The number of piperazine rings is 1. The van der Waals surface area contributed by atoms with Crippen LogP contribution < -0.4 is 11.1 Å². The largest absolute Gasteiger partial charge is 0.368 e. The summed E-state index contributed by atoms with van der Waals surface area (Å²) in [5.74, 6) is 1.55. The van der Waals surface area contributed by atoms with Crippen LogP contribution in [0.25, 0.3) is 10.9 Å². The Kier molecular flexibility index (Phi) is 7.42. The molecule has 8 nitrogen and oxygen atoms in total. The monoisotopic (exact) mass is 452 g/mol. The van der Waals surface area contributed by atoms with Gasteiger partial charge >= 0.3 is 0 Å². The van der Waals surface area contributed by atoms with E-state index in [9.17, 15) is 9.59 Å². The molecule has 0 bridgehead atoms. The van der Waals surface area contributed by atoms with Gasteiger partial charge in [0.15, 0.2) is 0 Å². The molecule has 1 aliphatic carbocycles. The van der Waals surface area contributed by atoms with E-state index in [2.05, 4.69) is 10.2 Å². The molecule has 2 aliphatic rings. The van der Waals surface area contributed by atoms with Crippen LogP contribution in [0.4, 0.5) is 5.82 Å². The minimum Gasteiger partial charge on any atom is -0.368 e. The van der Waals surface area contributed by atoms with E-state index in [-0.39, 0.29) is 11.8 Å². The first-order chi connectivity index (χ1) is 15.9. The summed E-state index contributed by atoms with van der Waals surface area (Å²) in [7, 11) is 0. The van der Waals surface area contributed by atoms with Gasteiger partial charge in [-0.2, -0.15) is 0 Å². The second-order valence-corrected chi connectivity index (χ2v) is 9.71. The van der Waals surface area contributed by atoms with Crippen LogP contribution in [0.3, 0.4) is 0 Å². The average molecular weight is 453 g/mol. The van der Waals surface area contributed by atoms with Gasteiger partial charge in [0.25, 0.3) is 0 Å². The summed E-state index contributed by atoms with van der Waals surface area (Å²) in [6.07, 6.45) is 5.71. The van der Waals surface area contributed by atoms with Crippen LogP contribution in [-0.2, 0) is 16.1 Å². The molecule has 33 heavy (non-hydrogen) atoms. The molecule has 178 valence electrons. The lowest BCUT2D eigenvalue weighted by molar-refractivity contribution is -0.138. The number of nitrogens with one attached hydrogen (secondary N) is 1. The van der Waals surface area contributed by atoms with Crippen LogP contribution in [0.1, 0.15) is 51.8 Å². The molecule has 0 unspecified atom stereocenters. The number of rotatable bonds is 7. The van der Waals surface area contributed by atoms with Crippen LogP contribution in [0, 0.1) is 11.8 Å².